The van der Waals surface area contributed by atoms with Crippen LogP contribution < -0.4 is 10.5 Å². The minimum atomic E-state index is -4.41. The molecule has 0 amide bonds. The highest BCUT2D eigenvalue weighted by molar-refractivity contribution is 5.69. The van der Waals surface area contributed by atoms with E-state index in [1.54, 1.807) is 6.92 Å². The first-order valence-electron chi connectivity index (χ1n) is 11.7. The average Bonchev–Trinajstić information content (AvgIpc) is 2.76. The molecule has 0 fully saturated rings. The lowest BCUT2D eigenvalue weighted by Gasteiger charge is -2.14. The van der Waals surface area contributed by atoms with Gasteiger partial charge in [0, 0.05) is 19.6 Å². The van der Waals surface area contributed by atoms with Gasteiger partial charge >= 0.3 is 12.1 Å². The monoisotopic (exact) mass is 477 g/mol. The van der Waals surface area contributed by atoms with Crippen molar-refractivity contribution in [1.29, 1.82) is 0 Å². The minimum Gasteiger partial charge on any atom is -0.494 e. The van der Waals surface area contributed by atoms with Gasteiger partial charge < -0.3 is 24.7 Å². The normalized spacial score (nSPS) is 12.5. The summed E-state index contributed by atoms with van der Waals surface area (Å²) in [7, 11) is 0. The van der Waals surface area contributed by atoms with E-state index in [0.29, 0.717) is 45.2 Å². The molecule has 0 aliphatic carbocycles. The molecule has 9 heteroatoms. The zero-order valence-corrected chi connectivity index (χ0v) is 19.8. The molecular weight excluding hydrogens is 439 g/mol. The molecular formula is C24H38F3NO5. The fraction of sp³-hybridized carbons (Fsp3) is 0.708. The van der Waals surface area contributed by atoms with E-state index < -0.39 is 11.7 Å². The van der Waals surface area contributed by atoms with Crippen molar-refractivity contribution in [1.82, 2.24) is 0 Å². The maximum atomic E-state index is 12.9. The summed E-state index contributed by atoms with van der Waals surface area (Å²) < 4.78 is 60.3. The maximum absolute atomic E-state index is 12.9. The lowest BCUT2D eigenvalue weighted by Crippen LogP contribution is -2.14. The molecule has 6 nitrogen and oxygen atoms in total. The van der Waals surface area contributed by atoms with Crippen LogP contribution in [0.2, 0.25) is 0 Å². The Labute approximate surface area is 194 Å². The summed E-state index contributed by atoms with van der Waals surface area (Å²) in [5.41, 5.74) is 4.75. The van der Waals surface area contributed by atoms with Gasteiger partial charge in [-0.25, -0.2) is 0 Å². The van der Waals surface area contributed by atoms with Crippen LogP contribution in [0.3, 0.4) is 0 Å². The topological polar surface area (TPSA) is 80.0 Å². The first-order valence-corrected chi connectivity index (χ1v) is 11.7. The molecule has 0 bridgehead atoms. The third kappa shape index (κ3) is 13.5. The second-order valence-electron chi connectivity index (χ2n) is 7.77. The molecule has 1 aromatic rings. The van der Waals surface area contributed by atoms with E-state index in [1.165, 1.54) is 12.1 Å². The Morgan fingerprint density at radius 2 is 1.76 bits per heavy atom. The van der Waals surface area contributed by atoms with Gasteiger partial charge in [0.25, 0.3) is 0 Å². The van der Waals surface area contributed by atoms with Gasteiger partial charge in [-0.1, -0.05) is 6.42 Å². The number of rotatable bonds is 18. The van der Waals surface area contributed by atoms with E-state index in [1.807, 2.05) is 6.92 Å². The molecule has 0 aromatic heterocycles. The van der Waals surface area contributed by atoms with Crippen LogP contribution in [0.1, 0.15) is 69.9 Å². The molecule has 2 N–H and O–H groups in total. The second-order valence-corrected chi connectivity index (χ2v) is 7.77. The van der Waals surface area contributed by atoms with E-state index in [4.69, 9.17) is 24.7 Å². The van der Waals surface area contributed by atoms with Crippen molar-refractivity contribution in [2.24, 2.45) is 5.73 Å². The van der Waals surface area contributed by atoms with Gasteiger partial charge in [0.1, 0.15) is 5.75 Å². The highest BCUT2D eigenvalue weighted by Gasteiger charge is 2.33. The van der Waals surface area contributed by atoms with Crippen LogP contribution in [0.4, 0.5) is 13.2 Å². The summed E-state index contributed by atoms with van der Waals surface area (Å²) >= 11 is 0. The maximum Gasteiger partial charge on any atom is 0.416 e. The van der Waals surface area contributed by atoms with Crippen molar-refractivity contribution >= 4 is 5.97 Å². The molecule has 190 valence electrons. The number of carbonyl (C=O) groups excluding carboxylic acids is 1. The van der Waals surface area contributed by atoms with Gasteiger partial charge in [0.15, 0.2) is 0 Å². The third-order valence-corrected chi connectivity index (χ3v) is 4.98. The number of hydrogen-bond acceptors (Lipinski definition) is 6. The largest absolute Gasteiger partial charge is 0.494 e. The van der Waals surface area contributed by atoms with Gasteiger partial charge in [-0.05, 0) is 69.7 Å². The Morgan fingerprint density at radius 3 is 2.42 bits per heavy atom. The van der Waals surface area contributed by atoms with Crippen LogP contribution in [0, 0.1) is 0 Å². The molecule has 0 radical (unpaired) electrons. The van der Waals surface area contributed by atoms with Crippen LogP contribution in [0.25, 0.3) is 0 Å². The number of nitrogens with two attached hydrogens (primary N) is 1. The minimum absolute atomic E-state index is 0.0344. The molecule has 1 aromatic carbocycles. The zero-order chi connectivity index (χ0) is 24.5. The van der Waals surface area contributed by atoms with E-state index in [-0.39, 0.29) is 24.2 Å². The van der Waals surface area contributed by atoms with E-state index >= 15 is 0 Å². The number of benzene rings is 1. The summed E-state index contributed by atoms with van der Waals surface area (Å²) in [4.78, 5) is 11.3. The molecule has 1 rings (SSSR count). The van der Waals surface area contributed by atoms with E-state index in [0.717, 1.165) is 44.6 Å². The van der Waals surface area contributed by atoms with Crippen molar-refractivity contribution in [3.63, 3.8) is 0 Å². The summed E-state index contributed by atoms with van der Waals surface area (Å²) in [6.07, 6.45) is 1.30. The molecule has 0 aliphatic heterocycles. The smallest absolute Gasteiger partial charge is 0.416 e. The molecule has 1 unspecified atom stereocenters. The van der Waals surface area contributed by atoms with Gasteiger partial charge in [0.05, 0.1) is 38.1 Å². The molecule has 0 saturated carbocycles. The van der Waals surface area contributed by atoms with Crippen molar-refractivity contribution in [2.75, 3.05) is 33.0 Å². The number of carbonyl (C=O) groups is 1. The standard InChI is InChI=1S/C24H38F3NO5/c1-3-31-23(29)10-8-9-19(2)32-16-15-30-13-6-4-5-7-14-33-21-11-12-22(24(25,26)27)20(17-21)18-28/h11-12,17,19H,3-10,13-16,18,28H2,1-2H3. The fourth-order valence-corrected chi connectivity index (χ4v) is 3.22. The zero-order valence-electron chi connectivity index (χ0n) is 19.8. The lowest BCUT2D eigenvalue weighted by atomic mass is 10.1. The van der Waals surface area contributed by atoms with E-state index in [2.05, 4.69) is 0 Å². The molecule has 1 atom stereocenters. The number of hydrogen-bond donors (Lipinski definition) is 1. The summed E-state index contributed by atoms with van der Waals surface area (Å²) in [6.45, 7) is 6.14. The Bertz CT molecular complexity index is 670. The number of alkyl halides is 3. The summed E-state index contributed by atoms with van der Waals surface area (Å²) in [5.74, 6) is 0.238. The first kappa shape index (κ1) is 29.2. The van der Waals surface area contributed by atoms with Crippen LogP contribution in [0.5, 0.6) is 5.75 Å². The van der Waals surface area contributed by atoms with Crippen molar-refractivity contribution < 1.29 is 36.9 Å². The predicted molar refractivity (Wildman–Crippen MR) is 120 cm³/mol. The Hall–Kier alpha value is -1.84. The number of unbranched alkanes of at least 4 members (excludes halogenated alkanes) is 3. The molecule has 0 heterocycles. The Balaban J connectivity index is 2.00. The first-order chi connectivity index (χ1) is 15.8. The lowest BCUT2D eigenvalue weighted by molar-refractivity contribution is -0.143. The molecule has 0 aliphatic rings. The van der Waals surface area contributed by atoms with Crippen LogP contribution in [0.15, 0.2) is 18.2 Å². The fourth-order valence-electron chi connectivity index (χ4n) is 3.22. The predicted octanol–water partition coefficient (Wildman–Crippen LogP) is 5.26. The molecule has 0 saturated heterocycles. The van der Waals surface area contributed by atoms with Crippen LogP contribution in [-0.4, -0.2) is 45.1 Å². The van der Waals surface area contributed by atoms with Crippen molar-refractivity contribution in [2.45, 2.75) is 77.6 Å². The van der Waals surface area contributed by atoms with Crippen LogP contribution >= 0.6 is 0 Å². The third-order valence-electron chi connectivity index (χ3n) is 4.98. The number of halogens is 3. The molecule has 0 spiro atoms. The van der Waals surface area contributed by atoms with Gasteiger partial charge in [0.2, 0.25) is 0 Å². The quantitative estimate of drug-likeness (QED) is 0.230. The number of ether oxygens (including phenoxy) is 4. The Morgan fingerprint density at radius 1 is 1.03 bits per heavy atom. The number of esters is 1. The second kappa shape index (κ2) is 16.7. The summed E-state index contributed by atoms with van der Waals surface area (Å²) in [5, 5.41) is 0. The summed E-state index contributed by atoms with van der Waals surface area (Å²) in [6, 6.07) is 3.71. The van der Waals surface area contributed by atoms with Gasteiger partial charge in [-0.2, -0.15) is 13.2 Å². The van der Waals surface area contributed by atoms with E-state index in [9.17, 15) is 18.0 Å². The average molecular weight is 478 g/mol. The van der Waals surface area contributed by atoms with Crippen molar-refractivity contribution in [3.05, 3.63) is 29.3 Å². The SMILES string of the molecule is CCOC(=O)CCCC(C)OCCOCCCCCCOc1ccc(C(F)(F)F)c(CN)c1. The van der Waals surface area contributed by atoms with Gasteiger partial charge in [-0.15, -0.1) is 0 Å². The highest BCUT2D eigenvalue weighted by Crippen LogP contribution is 2.33. The van der Waals surface area contributed by atoms with Crippen molar-refractivity contribution in [3.8, 4) is 5.75 Å². The highest BCUT2D eigenvalue weighted by atomic mass is 19.4. The van der Waals surface area contributed by atoms with Crippen LogP contribution in [-0.2, 0) is 31.7 Å². The molecule has 33 heavy (non-hydrogen) atoms. The van der Waals surface area contributed by atoms with Gasteiger partial charge in [-0.3, -0.25) is 4.79 Å². The Kier molecular flexibility index (Phi) is 14.8.